The molecule has 10 nitrogen and oxygen atoms in total. The fourth-order valence-corrected chi connectivity index (χ4v) is 3.40. The summed E-state index contributed by atoms with van der Waals surface area (Å²) in [6.07, 6.45) is 0. The third-order valence-electron chi connectivity index (χ3n) is 3.20. The fourth-order valence-electron chi connectivity index (χ4n) is 2.01. The number of thioether (sulfide) groups is 1. The number of aromatic nitrogens is 5. The second-order valence-electron chi connectivity index (χ2n) is 5.15. The molecule has 0 fully saturated rings. The molecular formula is C14H15N7O3S2. The molecule has 12 heteroatoms. The predicted octanol–water partition coefficient (Wildman–Crippen LogP) is 1.29. The third-order valence-corrected chi connectivity index (χ3v) is 5.10. The highest BCUT2D eigenvalue weighted by Crippen LogP contribution is 2.25. The van der Waals surface area contributed by atoms with Gasteiger partial charge in [-0.25, -0.2) is 4.63 Å². The van der Waals surface area contributed by atoms with Crippen LogP contribution in [0.25, 0.3) is 11.5 Å². The standard InChI is InChI=1S/C14H15N7O3S2/c1-8(22)16-12-11(19-24-20-12)13-17-18-14(21(13)2)26-7-10(23)15-6-9-4-3-5-25-9/h3-5H,6-7H2,1-2H3,(H,15,23)(H,16,20,22). The summed E-state index contributed by atoms with van der Waals surface area (Å²) >= 11 is 2.83. The zero-order valence-electron chi connectivity index (χ0n) is 13.9. The van der Waals surface area contributed by atoms with Gasteiger partial charge in [0.25, 0.3) is 0 Å². The van der Waals surface area contributed by atoms with E-state index in [1.165, 1.54) is 18.7 Å². The first-order valence-corrected chi connectivity index (χ1v) is 9.33. The molecule has 0 bridgehead atoms. The second-order valence-corrected chi connectivity index (χ2v) is 7.13. The van der Waals surface area contributed by atoms with Crippen molar-refractivity contribution in [3.05, 3.63) is 22.4 Å². The van der Waals surface area contributed by atoms with Crippen molar-refractivity contribution in [1.82, 2.24) is 30.4 Å². The van der Waals surface area contributed by atoms with Crippen molar-refractivity contribution in [1.29, 1.82) is 0 Å². The number of amides is 2. The van der Waals surface area contributed by atoms with Gasteiger partial charge in [-0.1, -0.05) is 17.8 Å². The highest BCUT2D eigenvalue weighted by Gasteiger charge is 2.21. The van der Waals surface area contributed by atoms with E-state index in [2.05, 4.69) is 35.8 Å². The summed E-state index contributed by atoms with van der Waals surface area (Å²) in [5, 5.41) is 23.3. The molecule has 0 aliphatic heterocycles. The number of hydrogen-bond donors (Lipinski definition) is 2. The normalized spacial score (nSPS) is 10.7. The molecule has 2 amide bonds. The van der Waals surface area contributed by atoms with Crippen LogP contribution in [0.15, 0.2) is 27.3 Å². The fraction of sp³-hybridized carbons (Fsp3) is 0.286. The lowest BCUT2D eigenvalue weighted by molar-refractivity contribution is -0.118. The van der Waals surface area contributed by atoms with Crippen LogP contribution in [0.3, 0.4) is 0 Å². The van der Waals surface area contributed by atoms with E-state index in [1.54, 1.807) is 23.0 Å². The average Bonchev–Trinajstić information content (AvgIpc) is 3.32. The zero-order chi connectivity index (χ0) is 18.5. The number of rotatable bonds is 7. The van der Waals surface area contributed by atoms with E-state index in [9.17, 15) is 9.59 Å². The molecule has 0 atom stereocenters. The first-order valence-electron chi connectivity index (χ1n) is 7.46. The molecule has 0 unspecified atom stereocenters. The molecule has 3 rings (SSSR count). The van der Waals surface area contributed by atoms with Gasteiger partial charge in [-0.15, -0.1) is 21.5 Å². The van der Waals surface area contributed by atoms with Crippen LogP contribution in [0.5, 0.6) is 0 Å². The number of thiophene rings is 1. The van der Waals surface area contributed by atoms with Gasteiger partial charge in [0.1, 0.15) is 0 Å². The monoisotopic (exact) mass is 393 g/mol. The van der Waals surface area contributed by atoms with Gasteiger partial charge in [0.05, 0.1) is 12.3 Å². The third kappa shape index (κ3) is 4.26. The molecule has 0 spiro atoms. The number of carbonyl (C=O) groups excluding carboxylic acids is 2. The van der Waals surface area contributed by atoms with E-state index in [0.717, 1.165) is 4.88 Å². The van der Waals surface area contributed by atoms with Crippen LogP contribution in [0, 0.1) is 0 Å². The predicted molar refractivity (Wildman–Crippen MR) is 95.5 cm³/mol. The lowest BCUT2D eigenvalue weighted by Crippen LogP contribution is -2.24. The maximum Gasteiger partial charge on any atom is 0.230 e. The van der Waals surface area contributed by atoms with Crippen LogP contribution < -0.4 is 10.6 Å². The van der Waals surface area contributed by atoms with Gasteiger partial charge in [0.2, 0.25) is 17.6 Å². The number of carbonyl (C=O) groups is 2. The number of nitrogens with zero attached hydrogens (tertiary/aromatic N) is 5. The van der Waals surface area contributed by atoms with E-state index >= 15 is 0 Å². The smallest absolute Gasteiger partial charge is 0.230 e. The maximum atomic E-state index is 12.0. The Kier molecular flexibility index (Phi) is 5.63. The van der Waals surface area contributed by atoms with Gasteiger partial charge < -0.3 is 15.2 Å². The Balaban J connectivity index is 1.61. The van der Waals surface area contributed by atoms with Gasteiger partial charge in [-0.3, -0.25) is 9.59 Å². The van der Waals surface area contributed by atoms with Crippen molar-refractivity contribution in [3.8, 4) is 11.5 Å². The number of nitrogens with one attached hydrogen (secondary N) is 2. The van der Waals surface area contributed by atoms with Crippen LogP contribution in [0.4, 0.5) is 5.82 Å². The van der Waals surface area contributed by atoms with E-state index in [0.29, 0.717) is 17.5 Å². The molecule has 3 aromatic heterocycles. The maximum absolute atomic E-state index is 12.0. The lowest BCUT2D eigenvalue weighted by Gasteiger charge is -2.04. The Morgan fingerprint density at radius 1 is 1.35 bits per heavy atom. The van der Waals surface area contributed by atoms with Crippen molar-refractivity contribution >= 4 is 40.7 Å². The summed E-state index contributed by atoms with van der Waals surface area (Å²) in [7, 11) is 1.73. The molecule has 0 saturated carbocycles. The van der Waals surface area contributed by atoms with Gasteiger partial charge in [0, 0.05) is 18.8 Å². The average molecular weight is 393 g/mol. The van der Waals surface area contributed by atoms with Gasteiger partial charge in [-0.2, -0.15) is 0 Å². The molecule has 136 valence electrons. The van der Waals surface area contributed by atoms with Crippen molar-refractivity contribution in [2.45, 2.75) is 18.6 Å². The Hall–Kier alpha value is -2.73. The summed E-state index contributed by atoms with van der Waals surface area (Å²) in [6, 6.07) is 3.90. The quantitative estimate of drug-likeness (QED) is 0.575. The summed E-state index contributed by atoms with van der Waals surface area (Å²) in [5.74, 6) is 0.332. The van der Waals surface area contributed by atoms with Gasteiger partial charge in [-0.05, 0) is 21.8 Å². The van der Waals surface area contributed by atoms with E-state index < -0.39 is 0 Å². The van der Waals surface area contributed by atoms with E-state index in [-0.39, 0.29) is 29.1 Å². The molecular weight excluding hydrogens is 378 g/mol. The van der Waals surface area contributed by atoms with Crippen LogP contribution in [0.1, 0.15) is 11.8 Å². The molecule has 0 radical (unpaired) electrons. The molecule has 0 aromatic carbocycles. The Bertz CT molecular complexity index is 904. The molecule has 0 aliphatic carbocycles. The summed E-state index contributed by atoms with van der Waals surface area (Å²) in [5.41, 5.74) is 0.268. The molecule has 3 aromatic rings. The van der Waals surface area contributed by atoms with Crippen molar-refractivity contribution in [2.75, 3.05) is 11.1 Å². The number of anilines is 1. The lowest BCUT2D eigenvalue weighted by atomic mass is 10.4. The van der Waals surface area contributed by atoms with Gasteiger partial charge in [0.15, 0.2) is 16.7 Å². The molecule has 0 saturated heterocycles. The summed E-state index contributed by atoms with van der Waals surface area (Å²) in [6.45, 7) is 1.86. The Morgan fingerprint density at radius 2 is 2.19 bits per heavy atom. The minimum Gasteiger partial charge on any atom is -0.350 e. The van der Waals surface area contributed by atoms with Crippen LogP contribution in [-0.4, -0.2) is 42.6 Å². The molecule has 3 heterocycles. The Morgan fingerprint density at radius 3 is 2.92 bits per heavy atom. The van der Waals surface area contributed by atoms with E-state index in [4.69, 9.17) is 0 Å². The molecule has 2 N–H and O–H groups in total. The largest absolute Gasteiger partial charge is 0.350 e. The topological polar surface area (TPSA) is 128 Å². The highest BCUT2D eigenvalue weighted by molar-refractivity contribution is 7.99. The SMILES string of the molecule is CC(=O)Nc1nonc1-c1nnc(SCC(=O)NCc2cccs2)n1C. The van der Waals surface area contributed by atoms with Crippen molar-refractivity contribution in [2.24, 2.45) is 7.05 Å². The van der Waals surface area contributed by atoms with Crippen LogP contribution >= 0.6 is 23.1 Å². The van der Waals surface area contributed by atoms with Crippen LogP contribution in [-0.2, 0) is 23.2 Å². The molecule has 26 heavy (non-hydrogen) atoms. The van der Waals surface area contributed by atoms with Crippen molar-refractivity contribution in [3.63, 3.8) is 0 Å². The first-order chi connectivity index (χ1) is 12.5. The summed E-state index contributed by atoms with van der Waals surface area (Å²) in [4.78, 5) is 24.3. The Labute approximate surface area is 156 Å². The minimum absolute atomic E-state index is 0.102. The van der Waals surface area contributed by atoms with Crippen LogP contribution in [0.2, 0.25) is 0 Å². The molecule has 0 aliphatic rings. The first kappa shape index (κ1) is 18.1. The van der Waals surface area contributed by atoms with Crippen molar-refractivity contribution < 1.29 is 14.2 Å². The summed E-state index contributed by atoms with van der Waals surface area (Å²) < 4.78 is 6.32. The zero-order valence-corrected chi connectivity index (χ0v) is 15.6. The number of hydrogen-bond acceptors (Lipinski definition) is 9. The van der Waals surface area contributed by atoms with Gasteiger partial charge >= 0.3 is 0 Å². The minimum atomic E-state index is -0.305. The van der Waals surface area contributed by atoms with E-state index in [1.807, 2.05) is 17.5 Å². The second kappa shape index (κ2) is 8.10. The highest BCUT2D eigenvalue weighted by atomic mass is 32.2.